The number of amides is 3. The first-order valence-corrected chi connectivity index (χ1v) is 16.0. The zero-order chi connectivity index (χ0) is 31.2. The van der Waals surface area contributed by atoms with Crippen LogP contribution in [0.3, 0.4) is 0 Å². The molecule has 3 aromatic carbocycles. The molecule has 4 aliphatic rings. The van der Waals surface area contributed by atoms with E-state index in [1.54, 1.807) is 14.7 Å². The highest BCUT2D eigenvalue weighted by Crippen LogP contribution is 2.58. The van der Waals surface area contributed by atoms with Gasteiger partial charge in [-0.1, -0.05) is 91.9 Å². The Balaban J connectivity index is 1.31. The molecule has 8 nitrogen and oxygen atoms in total. The van der Waals surface area contributed by atoms with E-state index >= 15 is 0 Å². The molecule has 0 aliphatic carbocycles. The number of unbranched alkanes of at least 4 members (excludes halogenated alkanes) is 1. The van der Waals surface area contributed by atoms with Crippen LogP contribution in [-0.4, -0.2) is 76.1 Å². The highest BCUT2D eigenvalue weighted by Gasteiger charge is 2.75. The van der Waals surface area contributed by atoms with Gasteiger partial charge in [-0.3, -0.25) is 14.4 Å². The Morgan fingerprint density at radius 1 is 0.822 bits per heavy atom. The summed E-state index contributed by atoms with van der Waals surface area (Å²) in [6.45, 7) is 3.42. The third-order valence-corrected chi connectivity index (χ3v) is 10.1. The number of hydrogen-bond donors (Lipinski definition) is 1. The van der Waals surface area contributed by atoms with Crippen molar-refractivity contribution in [1.29, 1.82) is 0 Å². The molecule has 45 heavy (non-hydrogen) atoms. The van der Waals surface area contributed by atoms with Crippen molar-refractivity contribution in [3.8, 4) is 0 Å². The van der Waals surface area contributed by atoms with Crippen molar-refractivity contribution < 1.29 is 24.2 Å². The second kappa shape index (κ2) is 11.6. The van der Waals surface area contributed by atoms with Crippen LogP contribution in [0.4, 0.5) is 5.69 Å². The maximum Gasteiger partial charge on any atom is 0.253 e. The molecule has 232 valence electrons. The molecular weight excluding hydrogens is 566 g/mol. The number of carbonyl (C=O) groups excluding carboxylic acids is 3. The largest absolute Gasteiger partial charge is 0.396 e. The number of likely N-dealkylation sites (tertiary alicyclic amines) is 1. The van der Waals surface area contributed by atoms with Crippen molar-refractivity contribution in [3.63, 3.8) is 0 Å². The van der Waals surface area contributed by atoms with Gasteiger partial charge in [0, 0.05) is 38.5 Å². The first kappa shape index (κ1) is 29.4. The van der Waals surface area contributed by atoms with Crippen molar-refractivity contribution in [2.24, 2.45) is 11.8 Å². The molecule has 3 aromatic rings. The van der Waals surface area contributed by atoms with E-state index < -0.39 is 29.1 Å². The summed E-state index contributed by atoms with van der Waals surface area (Å²) in [5.41, 5.74) is -0.584. The third-order valence-electron chi connectivity index (χ3n) is 10.1. The van der Waals surface area contributed by atoms with Crippen LogP contribution in [0.5, 0.6) is 0 Å². The number of nitrogens with zero attached hydrogens (tertiary/aromatic N) is 3. The van der Waals surface area contributed by atoms with Crippen LogP contribution >= 0.6 is 0 Å². The lowest BCUT2D eigenvalue weighted by atomic mass is 9.73. The summed E-state index contributed by atoms with van der Waals surface area (Å²) in [5.74, 6) is -2.24. The summed E-state index contributed by atoms with van der Waals surface area (Å²) in [7, 11) is 0. The fraction of sp³-hybridized carbons (Fsp3) is 0.378. The molecule has 0 aromatic heterocycles. The van der Waals surface area contributed by atoms with Crippen molar-refractivity contribution in [1.82, 2.24) is 9.80 Å². The molecule has 8 heteroatoms. The van der Waals surface area contributed by atoms with Gasteiger partial charge in [0.15, 0.2) is 0 Å². The number of ether oxygens (including phenoxy) is 1. The molecule has 5 atom stereocenters. The minimum atomic E-state index is -1.31. The van der Waals surface area contributed by atoms with Crippen LogP contribution in [0.1, 0.15) is 31.7 Å². The van der Waals surface area contributed by atoms with Crippen molar-refractivity contribution in [3.05, 3.63) is 103 Å². The number of fused-ring (bicyclic) bond motifs is 3. The quantitative estimate of drug-likeness (QED) is 0.302. The predicted molar refractivity (Wildman–Crippen MR) is 172 cm³/mol. The average Bonchev–Trinajstić information content (AvgIpc) is 3.35. The van der Waals surface area contributed by atoms with Crippen LogP contribution in [0.2, 0.25) is 0 Å². The Labute approximate surface area is 263 Å². The van der Waals surface area contributed by atoms with E-state index in [4.69, 9.17) is 4.74 Å². The smallest absolute Gasteiger partial charge is 0.253 e. The van der Waals surface area contributed by atoms with Gasteiger partial charge in [-0.2, -0.15) is 0 Å². The zero-order valence-electron chi connectivity index (χ0n) is 25.5. The number of rotatable bonds is 8. The predicted octanol–water partition coefficient (Wildman–Crippen LogP) is 4.47. The second-order valence-electron chi connectivity index (χ2n) is 12.6. The second-order valence-corrected chi connectivity index (χ2v) is 12.6. The number of aliphatic hydroxyl groups is 1. The van der Waals surface area contributed by atoms with Gasteiger partial charge >= 0.3 is 0 Å². The van der Waals surface area contributed by atoms with E-state index in [9.17, 15) is 19.5 Å². The van der Waals surface area contributed by atoms with Crippen LogP contribution in [-0.2, 0) is 25.7 Å². The van der Waals surface area contributed by atoms with Crippen LogP contribution < -0.4 is 4.90 Å². The first-order valence-electron chi connectivity index (χ1n) is 16.0. The lowest BCUT2D eigenvalue weighted by Gasteiger charge is -2.38. The van der Waals surface area contributed by atoms with E-state index in [1.165, 1.54) is 0 Å². The van der Waals surface area contributed by atoms with E-state index in [0.29, 0.717) is 45.4 Å². The molecule has 3 amide bonds. The molecule has 1 N–H and O–H groups in total. The molecule has 2 saturated heterocycles. The first-order chi connectivity index (χ1) is 21.9. The van der Waals surface area contributed by atoms with Gasteiger partial charge < -0.3 is 24.5 Å². The Hall–Kier alpha value is -4.27. The Bertz CT molecular complexity index is 1690. The lowest BCUT2D eigenvalue weighted by Crippen LogP contribution is -2.56. The van der Waals surface area contributed by atoms with Gasteiger partial charge in [0.2, 0.25) is 11.8 Å². The van der Waals surface area contributed by atoms with Crippen molar-refractivity contribution in [2.45, 2.75) is 50.0 Å². The molecule has 1 spiro atoms. The fourth-order valence-electron chi connectivity index (χ4n) is 7.97. The minimum absolute atomic E-state index is 0.00582. The number of aliphatic hydroxyl groups excluding tert-OH is 1. The number of anilines is 1. The summed E-state index contributed by atoms with van der Waals surface area (Å²) < 4.78 is 7.10. The van der Waals surface area contributed by atoms with E-state index in [1.807, 2.05) is 104 Å². The highest BCUT2D eigenvalue weighted by atomic mass is 16.5. The molecule has 4 aliphatic heterocycles. The monoisotopic (exact) mass is 605 g/mol. The van der Waals surface area contributed by atoms with Gasteiger partial charge in [-0.25, -0.2) is 0 Å². The van der Waals surface area contributed by atoms with Gasteiger partial charge in [0.25, 0.3) is 5.91 Å². The number of carbonyl (C=O) groups is 3. The lowest BCUT2D eigenvalue weighted by molar-refractivity contribution is -0.150. The van der Waals surface area contributed by atoms with Gasteiger partial charge in [0.1, 0.15) is 11.6 Å². The minimum Gasteiger partial charge on any atom is -0.396 e. The van der Waals surface area contributed by atoms with E-state index in [-0.39, 0.29) is 24.3 Å². The summed E-state index contributed by atoms with van der Waals surface area (Å²) in [6, 6.07) is 22.9. The molecule has 0 bridgehead atoms. The Morgan fingerprint density at radius 3 is 2.36 bits per heavy atom. The zero-order valence-corrected chi connectivity index (χ0v) is 25.5. The Morgan fingerprint density at radius 2 is 1.58 bits per heavy atom. The Kier molecular flexibility index (Phi) is 7.58. The molecule has 2 fully saturated rings. The average molecular weight is 606 g/mol. The van der Waals surface area contributed by atoms with E-state index in [0.717, 1.165) is 22.0 Å². The maximum atomic E-state index is 14.8. The third kappa shape index (κ3) is 4.70. The van der Waals surface area contributed by atoms with Crippen LogP contribution in [0.15, 0.2) is 97.1 Å². The molecule has 4 heterocycles. The van der Waals surface area contributed by atoms with Crippen LogP contribution in [0, 0.1) is 11.8 Å². The summed E-state index contributed by atoms with van der Waals surface area (Å²) in [5, 5.41) is 11.6. The summed E-state index contributed by atoms with van der Waals surface area (Å²) in [6.07, 6.45) is 9.30. The number of hydrogen-bond acceptors (Lipinski definition) is 5. The van der Waals surface area contributed by atoms with Gasteiger partial charge in [-0.05, 0) is 47.7 Å². The van der Waals surface area contributed by atoms with Crippen LogP contribution in [0.25, 0.3) is 10.8 Å². The van der Waals surface area contributed by atoms with Gasteiger partial charge in [-0.15, -0.1) is 0 Å². The van der Waals surface area contributed by atoms with Crippen molar-refractivity contribution in [2.75, 3.05) is 31.1 Å². The topological polar surface area (TPSA) is 90.4 Å². The fourth-order valence-corrected chi connectivity index (χ4v) is 7.97. The van der Waals surface area contributed by atoms with Crippen molar-refractivity contribution >= 4 is 34.2 Å². The normalized spacial score (nSPS) is 29.2. The summed E-state index contributed by atoms with van der Waals surface area (Å²) >= 11 is 0. The molecule has 0 radical (unpaired) electrons. The SMILES string of the molecule is CC[C@@]12C=CCN(Cc3ccccc3)C(=O)[C@@H]1[C@H]1C(=O)N(CCCCO)C3C(=O)N(c4ccc5ccccc5c4)CC=C[C@@]31O2. The maximum absolute atomic E-state index is 14.8. The molecule has 7 rings (SSSR count). The standard InChI is InChI=1S/C37H39N3O5/c1-2-36-18-10-20-38(25-26-12-4-3-5-13-26)33(42)30(36)31-34(43)40(21-8-9-23-41)32-35(44)39(22-11-19-37(31,32)45-36)29-17-16-27-14-6-7-15-28(27)24-29/h3-7,10-19,24,30-32,41H,2,8-9,20-23,25H2,1H3/t30-,31-,32?,36+,37-/m0/s1. The number of benzene rings is 3. The molecule has 0 saturated carbocycles. The molecular formula is C37H39N3O5. The van der Waals surface area contributed by atoms with E-state index in [2.05, 4.69) is 0 Å². The summed E-state index contributed by atoms with van der Waals surface area (Å²) in [4.78, 5) is 49.2. The van der Waals surface area contributed by atoms with Gasteiger partial charge in [0.05, 0.1) is 17.4 Å². The highest BCUT2D eigenvalue weighted by molar-refractivity contribution is 6.06. The molecule has 1 unspecified atom stereocenters.